The van der Waals surface area contributed by atoms with Gasteiger partial charge in [0.25, 0.3) is 5.91 Å². The normalized spacial score (nSPS) is 10.9. The lowest BCUT2D eigenvalue weighted by atomic mass is 10.2. The molecule has 0 radical (unpaired) electrons. The molecule has 1 N–H and O–H groups in total. The van der Waals surface area contributed by atoms with E-state index in [0.717, 1.165) is 15.2 Å². The fourth-order valence-corrected chi connectivity index (χ4v) is 3.40. The van der Waals surface area contributed by atoms with Gasteiger partial charge in [-0.15, -0.1) is 11.3 Å². The van der Waals surface area contributed by atoms with E-state index < -0.39 is 11.7 Å². The third kappa shape index (κ3) is 3.16. The van der Waals surface area contributed by atoms with Gasteiger partial charge in [-0.05, 0) is 36.4 Å². The predicted molar refractivity (Wildman–Crippen MR) is 94.9 cm³/mol. The molecule has 0 spiro atoms. The number of halogens is 1. The Morgan fingerprint density at radius 1 is 1.08 bits per heavy atom. The lowest BCUT2D eigenvalue weighted by molar-refractivity contribution is 0.0944. The van der Waals surface area contributed by atoms with Crippen molar-refractivity contribution in [3.8, 4) is 10.8 Å². The number of nitrogens with one attached hydrogen (secondary N) is 1. The molecule has 4 aromatic rings. The van der Waals surface area contributed by atoms with Gasteiger partial charge in [0, 0.05) is 0 Å². The van der Waals surface area contributed by atoms with Crippen LogP contribution >= 0.6 is 11.3 Å². The number of carbonyl (C=O) groups is 1. The highest BCUT2D eigenvalue weighted by Crippen LogP contribution is 2.31. The average Bonchev–Trinajstić information content (AvgIpc) is 3.26. The van der Waals surface area contributed by atoms with Gasteiger partial charge in [-0.3, -0.25) is 4.79 Å². The summed E-state index contributed by atoms with van der Waals surface area (Å²) in [6.45, 7) is 0.179. The molecule has 25 heavy (non-hydrogen) atoms. The highest BCUT2D eigenvalue weighted by atomic mass is 32.1. The van der Waals surface area contributed by atoms with Gasteiger partial charge < -0.3 is 9.73 Å². The van der Waals surface area contributed by atoms with Crippen LogP contribution in [-0.4, -0.2) is 10.9 Å². The summed E-state index contributed by atoms with van der Waals surface area (Å²) in [4.78, 5) is 16.6. The Hall–Kier alpha value is -2.99. The van der Waals surface area contributed by atoms with Crippen molar-refractivity contribution < 1.29 is 13.6 Å². The Morgan fingerprint density at radius 2 is 1.88 bits per heavy atom. The Labute approximate surface area is 146 Å². The largest absolute Gasteiger partial charge is 0.457 e. The number of thiazole rings is 1. The second-order valence-corrected chi connectivity index (χ2v) is 6.45. The Morgan fingerprint density at radius 3 is 2.72 bits per heavy atom. The van der Waals surface area contributed by atoms with E-state index in [1.165, 1.54) is 12.1 Å². The third-order valence-corrected chi connectivity index (χ3v) is 4.76. The number of para-hydroxylation sites is 1. The molecule has 124 valence electrons. The van der Waals surface area contributed by atoms with Crippen molar-refractivity contribution in [3.05, 3.63) is 77.8 Å². The van der Waals surface area contributed by atoms with E-state index in [-0.39, 0.29) is 12.1 Å². The first kappa shape index (κ1) is 15.5. The van der Waals surface area contributed by atoms with Gasteiger partial charge in [-0.25, -0.2) is 9.37 Å². The zero-order valence-electron chi connectivity index (χ0n) is 13.0. The summed E-state index contributed by atoms with van der Waals surface area (Å²) in [5, 5.41) is 3.44. The summed E-state index contributed by atoms with van der Waals surface area (Å²) in [5.74, 6) is 0.209. The molecule has 2 heterocycles. The summed E-state index contributed by atoms with van der Waals surface area (Å²) < 4.78 is 20.4. The molecule has 0 saturated heterocycles. The molecular formula is C19H13FN2O2S. The molecule has 0 aliphatic rings. The van der Waals surface area contributed by atoms with Crippen LogP contribution in [0.2, 0.25) is 0 Å². The second-order valence-electron chi connectivity index (χ2n) is 5.42. The predicted octanol–water partition coefficient (Wildman–Crippen LogP) is 4.63. The molecule has 0 aliphatic carbocycles. The second kappa shape index (κ2) is 6.49. The van der Waals surface area contributed by atoms with Crippen molar-refractivity contribution in [2.45, 2.75) is 6.54 Å². The van der Waals surface area contributed by atoms with Crippen LogP contribution in [0, 0.1) is 5.82 Å². The number of carbonyl (C=O) groups excluding carboxylic acids is 1. The van der Waals surface area contributed by atoms with E-state index in [1.54, 1.807) is 29.5 Å². The van der Waals surface area contributed by atoms with Crippen LogP contribution in [0.15, 0.2) is 65.1 Å². The maximum absolute atomic E-state index is 13.6. The summed E-state index contributed by atoms with van der Waals surface area (Å²) in [6.07, 6.45) is 0. The Kier molecular flexibility index (Phi) is 4.03. The number of rotatable bonds is 4. The van der Waals surface area contributed by atoms with Crippen molar-refractivity contribution in [2.75, 3.05) is 0 Å². The number of nitrogens with zero attached hydrogens (tertiary/aromatic N) is 1. The fourth-order valence-electron chi connectivity index (χ4n) is 2.47. The SMILES string of the molecule is O=C(NCc1ccc(-c2nc3ccccc3s2)o1)c1ccccc1F. The number of hydrogen-bond donors (Lipinski definition) is 1. The maximum Gasteiger partial charge on any atom is 0.254 e. The van der Waals surface area contributed by atoms with E-state index in [9.17, 15) is 9.18 Å². The molecule has 6 heteroatoms. The van der Waals surface area contributed by atoms with Gasteiger partial charge in [0.05, 0.1) is 22.3 Å². The van der Waals surface area contributed by atoms with Crippen LogP contribution in [0.4, 0.5) is 4.39 Å². The molecule has 1 amide bonds. The van der Waals surface area contributed by atoms with E-state index in [2.05, 4.69) is 10.3 Å². The smallest absolute Gasteiger partial charge is 0.254 e. The van der Waals surface area contributed by atoms with Crippen LogP contribution < -0.4 is 5.32 Å². The fraction of sp³-hybridized carbons (Fsp3) is 0.0526. The van der Waals surface area contributed by atoms with E-state index in [0.29, 0.717) is 11.5 Å². The number of furan rings is 1. The molecule has 2 aromatic heterocycles. The van der Waals surface area contributed by atoms with E-state index in [4.69, 9.17) is 4.42 Å². The first-order valence-corrected chi connectivity index (χ1v) is 8.50. The lowest BCUT2D eigenvalue weighted by Gasteiger charge is -2.04. The molecule has 0 saturated carbocycles. The molecule has 4 nitrogen and oxygen atoms in total. The number of fused-ring (bicyclic) bond motifs is 1. The molecule has 4 rings (SSSR count). The topological polar surface area (TPSA) is 55.1 Å². The number of aromatic nitrogens is 1. The molecule has 0 bridgehead atoms. The van der Waals surface area contributed by atoms with E-state index >= 15 is 0 Å². The molecule has 0 fully saturated rings. The monoisotopic (exact) mass is 352 g/mol. The van der Waals surface area contributed by atoms with Crippen molar-refractivity contribution >= 4 is 27.5 Å². The Balaban J connectivity index is 1.48. The molecule has 0 aliphatic heterocycles. The summed E-state index contributed by atoms with van der Waals surface area (Å²) in [5.41, 5.74) is 0.939. The molecular weight excluding hydrogens is 339 g/mol. The van der Waals surface area contributed by atoms with Gasteiger partial charge in [0.2, 0.25) is 0 Å². The minimum atomic E-state index is -0.547. The first-order valence-electron chi connectivity index (χ1n) is 7.68. The molecule has 2 aromatic carbocycles. The van der Waals surface area contributed by atoms with Crippen molar-refractivity contribution in [3.63, 3.8) is 0 Å². The first-order chi connectivity index (χ1) is 12.2. The van der Waals surface area contributed by atoms with Gasteiger partial charge in [-0.2, -0.15) is 0 Å². The van der Waals surface area contributed by atoms with Crippen molar-refractivity contribution in [1.82, 2.24) is 10.3 Å². The van der Waals surface area contributed by atoms with Crippen LogP contribution in [0.3, 0.4) is 0 Å². The van der Waals surface area contributed by atoms with Crippen LogP contribution in [-0.2, 0) is 6.54 Å². The van der Waals surface area contributed by atoms with Crippen LogP contribution in [0.5, 0.6) is 0 Å². The maximum atomic E-state index is 13.6. The zero-order chi connectivity index (χ0) is 17.2. The van der Waals surface area contributed by atoms with Crippen LogP contribution in [0.1, 0.15) is 16.1 Å². The van der Waals surface area contributed by atoms with Gasteiger partial charge in [0.1, 0.15) is 11.6 Å². The number of benzene rings is 2. The zero-order valence-corrected chi connectivity index (χ0v) is 13.8. The number of hydrogen-bond acceptors (Lipinski definition) is 4. The summed E-state index contributed by atoms with van der Waals surface area (Å²) in [7, 11) is 0. The number of amides is 1. The highest BCUT2D eigenvalue weighted by Gasteiger charge is 2.13. The molecule has 0 unspecified atom stereocenters. The minimum absolute atomic E-state index is 0.0143. The van der Waals surface area contributed by atoms with Gasteiger partial charge >= 0.3 is 0 Å². The van der Waals surface area contributed by atoms with Crippen LogP contribution in [0.25, 0.3) is 21.0 Å². The summed E-state index contributed by atoms with van der Waals surface area (Å²) >= 11 is 1.55. The van der Waals surface area contributed by atoms with Crippen molar-refractivity contribution in [1.29, 1.82) is 0 Å². The van der Waals surface area contributed by atoms with Gasteiger partial charge in [0.15, 0.2) is 10.8 Å². The average molecular weight is 352 g/mol. The van der Waals surface area contributed by atoms with E-state index in [1.807, 2.05) is 30.3 Å². The third-order valence-electron chi connectivity index (χ3n) is 3.71. The molecule has 0 atom stereocenters. The van der Waals surface area contributed by atoms with Crippen molar-refractivity contribution in [2.24, 2.45) is 0 Å². The van der Waals surface area contributed by atoms with Gasteiger partial charge in [-0.1, -0.05) is 24.3 Å². The highest BCUT2D eigenvalue weighted by molar-refractivity contribution is 7.21. The summed E-state index contributed by atoms with van der Waals surface area (Å²) in [6, 6.07) is 17.3. The minimum Gasteiger partial charge on any atom is -0.457 e. The Bertz CT molecular complexity index is 1020. The lowest BCUT2D eigenvalue weighted by Crippen LogP contribution is -2.23. The standard InChI is InChI=1S/C19H13FN2O2S/c20-14-6-2-1-5-13(14)18(23)21-11-12-9-10-16(24-12)19-22-15-7-3-4-8-17(15)25-19/h1-10H,11H2,(H,21,23). The quantitative estimate of drug-likeness (QED) is 0.583.